The number of amidine groups is 1. The van der Waals surface area contributed by atoms with Gasteiger partial charge in [-0.05, 0) is 57.7 Å². The third kappa shape index (κ3) is 4.40. The van der Waals surface area contributed by atoms with Gasteiger partial charge < -0.3 is 15.2 Å². The first-order chi connectivity index (χ1) is 18.1. The highest BCUT2D eigenvalue weighted by atomic mass is 16.2. The van der Waals surface area contributed by atoms with Gasteiger partial charge in [-0.1, -0.05) is 18.9 Å². The molecule has 3 aromatic heterocycles. The third-order valence-corrected chi connectivity index (χ3v) is 7.28. The van der Waals surface area contributed by atoms with E-state index in [1.807, 2.05) is 26.1 Å². The molecule has 10 nitrogen and oxygen atoms in total. The van der Waals surface area contributed by atoms with E-state index >= 15 is 0 Å². The number of benzene rings is 1. The van der Waals surface area contributed by atoms with Gasteiger partial charge in [0.25, 0.3) is 0 Å². The molecule has 38 heavy (non-hydrogen) atoms. The average Bonchev–Trinajstić information content (AvgIpc) is 3.59. The number of hydrogen-bond donors (Lipinski definition) is 2. The molecule has 1 aliphatic heterocycles. The molecule has 1 aromatic carbocycles. The number of imidazole rings is 1. The van der Waals surface area contributed by atoms with Crippen LogP contribution in [0.25, 0.3) is 33.8 Å². The minimum atomic E-state index is -0.499. The Morgan fingerprint density at radius 3 is 2.47 bits per heavy atom. The number of hydrogen-bond acceptors (Lipinski definition) is 7. The summed E-state index contributed by atoms with van der Waals surface area (Å²) in [5.41, 5.74) is 10.3. The lowest BCUT2D eigenvalue weighted by molar-refractivity contribution is -0.122. The van der Waals surface area contributed by atoms with Gasteiger partial charge in [-0.3, -0.25) is 10.2 Å². The number of carbonyl (C=O) groups excluding carboxylic acids is 1. The van der Waals surface area contributed by atoms with Gasteiger partial charge >= 0.3 is 0 Å². The summed E-state index contributed by atoms with van der Waals surface area (Å²) >= 11 is 0. The van der Waals surface area contributed by atoms with Crippen molar-refractivity contribution in [1.82, 2.24) is 29.5 Å². The van der Waals surface area contributed by atoms with Crippen LogP contribution in [0.15, 0.2) is 36.9 Å². The highest BCUT2D eigenvalue weighted by Gasteiger charge is 2.48. The smallest absolute Gasteiger partial charge is 0.237 e. The quantitative estimate of drug-likeness (QED) is 0.301. The first-order valence-electron chi connectivity index (χ1n) is 12.9. The van der Waals surface area contributed by atoms with Gasteiger partial charge in [0.05, 0.1) is 16.8 Å². The van der Waals surface area contributed by atoms with Crippen LogP contribution >= 0.6 is 0 Å². The molecular formula is C28H33N9O. The number of carbonyl (C=O) groups is 1. The van der Waals surface area contributed by atoms with Crippen LogP contribution in [-0.2, 0) is 16.8 Å². The number of aryl methyl sites for hydroxylation is 2. The molecule has 1 fully saturated rings. The van der Waals surface area contributed by atoms with Crippen LogP contribution in [0.3, 0.4) is 0 Å². The molecule has 0 spiro atoms. The van der Waals surface area contributed by atoms with Crippen molar-refractivity contribution in [3.63, 3.8) is 0 Å². The molecule has 10 heteroatoms. The number of amides is 1. The molecule has 1 aliphatic carbocycles. The standard InChI is InChI=1S/C26H27N7O.C2H6N2/c1-5-33-23(18-12-27-15(2)28-13-18)31-22-21(29-14-30-24(22)33)17-8-9-20-19(10-17)26(3,11-16-6-7-16)25(34)32(20)4;1-2(3)4/h8-10,12-14,16H,5-7,11H2,1-4H3;1H3,(H3,3,4). The zero-order valence-electron chi connectivity index (χ0n) is 22.5. The highest BCUT2D eigenvalue weighted by molar-refractivity contribution is 6.08. The summed E-state index contributed by atoms with van der Waals surface area (Å²) < 4.78 is 2.07. The summed E-state index contributed by atoms with van der Waals surface area (Å²) in [6, 6.07) is 6.22. The Kier molecular flexibility index (Phi) is 6.42. The molecule has 4 aromatic rings. The van der Waals surface area contributed by atoms with Crippen molar-refractivity contribution in [3.05, 3.63) is 48.3 Å². The molecular weight excluding hydrogens is 478 g/mol. The van der Waals surface area contributed by atoms with Crippen molar-refractivity contribution in [2.24, 2.45) is 11.7 Å². The van der Waals surface area contributed by atoms with Crippen molar-refractivity contribution < 1.29 is 4.79 Å². The summed E-state index contributed by atoms with van der Waals surface area (Å²) in [6.07, 6.45) is 8.51. The lowest BCUT2D eigenvalue weighted by Crippen LogP contribution is -2.36. The van der Waals surface area contributed by atoms with Gasteiger partial charge in [-0.25, -0.2) is 24.9 Å². The summed E-state index contributed by atoms with van der Waals surface area (Å²) in [6.45, 7) is 8.26. The summed E-state index contributed by atoms with van der Waals surface area (Å²) in [5.74, 6) is 2.47. The van der Waals surface area contributed by atoms with E-state index in [0.29, 0.717) is 12.5 Å². The second kappa shape index (κ2) is 9.59. The minimum absolute atomic E-state index is 0.167. The SMILES string of the molecule is CC(=N)N.CCn1c(-c2cnc(C)nc2)nc2c(-c3ccc4c(c3)C(C)(CC3CC3)C(=O)N4C)ncnc21. The molecule has 0 saturated heterocycles. The van der Waals surface area contributed by atoms with Gasteiger partial charge in [-0.15, -0.1) is 0 Å². The Hall–Kier alpha value is -4.21. The van der Waals surface area contributed by atoms with Crippen molar-refractivity contribution in [3.8, 4) is 22.6 Å². The zero-order valence-corrected chi connectivity index (χ0v) is 22.5. The fourth-order valence-corrected chi connectivity index (χ4v) is 5.28. The van der Waals surface area contributed by atoms with Gasteiger partial charge in [0.15, 0.2) is 5.65 Å². The summed E-state index contributed by atoms with van der Waals surface area (Å²) in [7, 11) is 1.88. The molecule has 1 atom stereocenters. The molecule has 1 unspecified atom stereocenters. The van der Waals surface area contributed by atoms with E-state index in [2.05, 4.69) is 44.4 Å². The van der Waals surface area contributed by atoms with Crippen LogP contribution in [0.1, 0.15) is 51.4 Å². The largest absolute Gasteiger partial charge is 0.388 e. The van der Waals surface area contributed by atoms with E-state index < -0.39 is 5.41 Å². The number of anilines is 1. The highest BCUT2D eigenvalue weighted by Crippen LogP contribution is 2.50. The fourth-order valence-electron chi connectivity index (χ4n) is 5.28. The Morgan fingerprint density at radius 2 is 1.84 bits per heavy atom. The minimum Gasteiger partial charge on any atom is -0.388 e. The number of nitrogens with zero attached hydrogens (tertiary/aromatic N) is 7. The topological polar surface area (TPSA) is 140 Å². The predicted molar refractivity (Wildman–Crippen MR) is 148 cm³/mol. The molecule has 1 saturated carbocycles. The predicted octanol–water partition coefficient (Wildman–Crippen LogP) is 4.26. The molecule has 3 N–H and O–H groups in total. The van der Waals surface area contributed by atoms with Gasteiger partial charge in [0, 0.05) is 37.2 Å². The number of aromatic nitrogens is 6. The van der Waals surface area contributed by atoms with Crippen LogP contribution < -0.4 is 10.6 Å². The maximum absolute atomic E-state index is 13.2. The second-order valence-corrected chi connectivity index (χ2v) is 10.4. The van der Waals surface area contributed by atoms with Crippen LogP contribution in [0.5, 0.6) is 0 Å². The van der Waals surface area contributed by atoms with E-state index in [1.165, 1.54) is 19.8 Å². The molecule has 0 bridgehead atoms. The molecule has 0 radical (unpaired) electrons. The first kappa shape index (κ1) is 25.4. The van der Waals surface area contributed by atoms with E-state index in [0.717, 1.165) is 57.3 Å². The third-order valence-electron chi connectivity index (χ3n) is 7.28. The Balaban J connectivity index is 0.000000689. The fraction of sp³-hybridized carbons (Fsp3) is 0.393. The monoisotopic (exact) mass is 511 g/mol. The first-order valence-corrected chi connectivity index (χ1v) is 12.9. The lowest BCUT2D eigenvalue weighted by Gasteiger charge is -2.23. The van der Waals surface area contributed by atoms with Crippen molar-refractivity contribution in [2.75, 3.05) is 11.9 Å². The van der Waals surface area contributed by atoms with E-state index in [4.69, 9.17) is 16.1 Å². The molecule has 4 heterocycles. The number of likely N-dealkylation sites (N-methyl/N-ethyl adjacent to an activating group) is 1. The second-order valence-electron chi connectivity index (χ2n) is 10.4. The lowest BCUT2D eigenvalue weighted by atomic mass is 9.78. The van der Waals surface area contributed by atoms with E-state index in [1.54, 1.807) is 23.6 Å². The number of nitrogens with one attached hydrogen (secondary N) is 1. The molecule has 6 rings (SSSR count). The van der Waals surface area contributed by atoms with Gasteiger partial charge in [-0.2, -0.15) is 0 Å². The summed E-state index contributed by atoms with van der Waals surface area (Å²) in [4.78, 5) is 37.9. The summed E-state index contributed by atoms with van der Waals surface area (Å²) in [5, 5.41) is 6.28. The van der Waals surface area contributed by atoms with Gasteiger partial charge in [0.2, 0.25) is 5.91 Å². The van der Waals surface area contributed by atoms with Crippen LogP contribution in [-0.4, -0.2) is 48.3 Å². The molecule has 196 valence electrons. The van der Waals surface area contributed by atoms with Crippen molar-refractivity contribution >= 4 is 28.6 Å². The number of nitrogens with two attached hydrogens (primary N) is 1. The molecule has 1 amide bonds. The zero-order chi connectivity index (χ0) is 27.2. The van der Waals surface area contributed by atoms with Gasteiger partial charge in [0.1, 0.15) is 29.2 Å². The van der Waals surface area contributed by atoms with Crippen molar-refractivity contribution in [2.45, 2.75) is 58.9 Å². The Bertz CT molecular complexity index is 1530. The van der Waals surface area contributed by atoms with Crippen LogP contribution in [0.2, 0.25) is 0 Å². The average molecular weight is 512 g/mol. The van der Waals surface area contributed by atoms with Crippen LogP contribution in [0.4, 0.5) is 5.69 Å². The van der Waals surface area contributed by atoms with E-state index in [-0.39, 0.29) is 11.7 Å². The maximum Gasteiger partial charge on any atom is 0.237 e. The van der Waals surface area contributed by atoms with Crippen LogP contribution in [0, 0.1) is 18.3 Å². The Morgan fingerprint density at radius 1 is 1.16 bits per heavy atom. The normalized spacial score (nSPS) is 18.3. The number of rotatable bonds is 5. The van der Waals surface area contributed by atoms with E-state index in [9.17, 15) is 4.79 Å². The Labute approximate surface area is 221 Å². The number of fused-ring (bicyclic) bond motifs is 2. The molecule has 2 aliphatic rings. The van der Waals surface area contributed by atoms with Crippen molar-refractivity contribution in [1.29, 1.82) is 5.41 Å². The maximum atomic E-state index is 13.2.